The third-order valence-corrected chi connectivity index (χ3v) is 10.2. The van der Waals surface area contributed by atoms with Crippen LogP contribution in [0.15, 0.2) is 67.0 Å². The summed E-state index contributed by atoms with van der Waals surface area (Å²) in [6, 6.07) is 19.4. The minimum Gasteiger partial charge on any atom is -0.493 e. The van der Waals surface area contributed by atoms with E-state index in [-0.39, 0.29) is 13.2 Å². The molecular formula is C40H42ClN3O5. The van der Waals surface area contributed by atoms with E-state index in [4.69, 9.17) is 35.8 Å². The molecule has 254 valence electrons. The van der Waals surface area contributed by atoms with Crippen LogP contribution in [0.25, 0.3) is 11.1 Å². The summed E-state index contributed by atoms with van der Waals surface area (Å²) in [5, 5.41) is 9.47. The van der Waals surface area contributed by atoms with Gasteiger partial charge in [-0.3, -0.25) is 9.78 Å². The number of likely N-dealkylation sites (tertiary alicyclic amines) is 1. The molecule has 2 fully saturated rings. The lowest BCUT2D eigenvalue weighted by Gasteiger charge is -2.33. The van der Waals surface area contributed by atoms with Gasteiger partial charge < -0.3 is 23.8 Å². The van der Waals surface area contributed by atoms with Crippen LogP contribution in [0.2, 0.25) is 5.02 Å². The number of carbonyl (C=O) groups is 1. The highest BCUT2D eigenvalue weighted by atomic mass is 35.5. The van der Waals surface area contributed by atoms with Crippen molar-refractivity contribution in [2.24, 2.45) is 5.41 Å². The van der Waals surface area contributed by atoms with Crippen molar-refractivity contribution in [2.45, 2.75) is 52.7 Å². The van der Waals surface area contributed by atoms with Crippen molar-refractivity contribution < 1.29 is 23.7 Å². The first kappa shape index (κ1) is 34.4. The molecule has 0 bridgehead atoms. The number of aldehydes is 1. The van der Waals surface area contributed by atoms with Crippen molar-refractivity contribution in [1.29, 1.82) is 5.26 Å². The quantitative estimate of drug-likeness (QED) is 0.103. The second-order valence-corrected chi connectivity index (χ2v) is 13.5. The van der Waals surface area contributed by atoms with Gasteiger partial charge in [-0.25, -0.2) is 0 Å². The molecule has 0 unspecified atom stereocenters. The highest BCUT2D eigenvalue weighted by molar-refractivity contribution is 6.32. The Hall–Kier alpha value is -4.42. The van der Waals surface area contributed by atoms with E-state index in [2.05, 4.69) is 54.1 Å². The fourth-order valence-electron chi connectivity index (χ4n) is 6.92. The van der Waals surface area contributed by atoms with Gasteiger partial charge >= 0.3 is 0 Å². The minimum absolute atomic E-state index is 0.128. The summed E-state index contributed by atoms with van der Waals surface area (Å²) < 4.78 is 24.1. The molecule has 1 spiro atoms. The Bertz CT molecular complexity index is 1830. The minimum atomic E-state index is 0.128. The van der Waals surface area contributed by atoms with Crippen molar-refractivity contribution in [3.05, 3.63) is 105 Å². The maximum atomic E-state index is 11.8. The van der Waals surface area contributed by atoms with Crippen molar-refractivity contribution >= 4 is 17.9 Å². The van der Waals surface area contributed by atoms with Crippen LogP contribution in [-0.4, -0.2) is 55.6 Å². The number of halogens is 1. The van der Waals surface area contributed by atoms with E-state index in [1.165, 1.54) is 44.6 Å². The van der Waals surface area contributed by atoms with Crippen LogP contribution < -0.4 is 14.2 Å². The molecule has 0 saturated carbocycles. The summed E-state index contributed by atoms with van der Waals surface area (Å²) in [4.78, 5) is 18.4. The van der Waals surface area contributed by atoms with Crippen molar-refractivity contribution in [3.8, 4) is 34.4 Å². The second-order valence-electron chi connectivity index (χ2n) is 13.1. The molecule has 6 rings (SSSR count). The van der Waals surface area contributed by atoms with Crippen molar-refractivity contribution in [3.63, 3.8) is 0 Å². The van der Waals surface area contributed by atoms with Crippen LogP contribution >= 0.6 is 11.6 Å². The van der Waals surface area contributed by atoms with Crippen LogP contribution in [0.3, 0.4) is 0 Å². The monoisotopic (exact) mass is 679 g/mol. The summed E-state index contributed by atoms with van der Waals surface area (Å²) in [5.41, 5.74) is 7.36. The van der Waals surface area contributed by atoms with Crippen LogP contribution in [0.4, 0.5) is 0 Å². The molecule has 3 heterocycles. The Morgan fingerprint density at radius 2 is 1.71 bits per heavy atom. The number of carbonyl (C=O) groups excluding carboxylic acids is 1. The number of pyridine rings is 1. The van der Waals surface area contributed by atoms with Gasteiger partial charge in [-0.15, -0.1) is 0 Å². The lowest BCUT2D eigenvalue weighted by Crippen LogP contribution is -2.33. The lowest BCUT2D eigenvalue weighted by atomic mass is 9.80. The molecule has 0 amide bonds. The van der Waals surface area contributed by atoms with Crippen LogP contribution in [-0.2, 0) is 18.0 Å². The zero-order valence-electron chi connectivity index (χ0n) is 28.2. The number of hydrogen-bond acceptors (Lipinski definition) is 8. The van der Waals surface area contributed by atoms with E-state index < -0.39 is 0 Å². The number of aromatic nitrogens is 1. The molecule has 2 saturated heterocycles. The first-order valence-corrected chi connectivity index (χ1v) is 17.3. The molecule has 2 aliphatic rings. The SMILES string of the molecule is Cc1c(COc2cc(OCc3cncc(C#N)c3)c(C=O)cc2Cl)cccc1-c1cccc(OCCCN2CCC3(CCOCC3)C2)c1C. The number of rotatable bonds is 13. The maximum absolute atomic E-state index is 11.8. The third-order valence-electron chi connectivity index (χ3n) is 9.86. The van der Waals surface area contributed by atoms with Gasteiger partial charge in [0.25, 0.3) is 0 Å². The Kier molecular flexibility index (Phi) is 11.1. The van der Waals surface area contributed by atoms with Gasteiger partial charge in [0.05, 0.1) is 22.8 Å². The van der Waals surface area contributed by atoms with Crippen molar-refractivity contribution in [1.82, 2.24) is 9.88 Å². The summed E-state index contributed by atoms with van der Waals surface area (Å²) >= 11 is 6.52. The predicted molar refractivity (Wildman–Crippen MR) is 189 cm³/mol. The molecule has 0 radical (unpaired) electrons. The molecule has 1 aromatic heterocycles. The molecule has 4 aromatic rings. The number of nitrogens with zero attached hydrogens (tertiary/aromatic N) is 3. The summed E-state index contributed by atoms with van der Waals surface area (Å²) in [7, 11) is 0. The first-order valence-electron chi connectivity index (χ1n) is 16.9. The molecular weight excluding hydrogens is 638 g/mol. The summed E-state index contributed by atoms with van der Waals surface area (Å²) in [6.07, 6.45) is 8.46. The zero-order chi connectivity index (χ0) is 34.2. The molecule has 3 aromatic carbocycles. The summed E-state index contributed by atoms with van der Waals surface area (Å²) in [5.74, 6) is 1.64. The highest BCUT2D eigenvalue weighted by Gasteiger charge is 2.38. The Morgan fingerprint density at radius 1 is 0.939 bits per heavy atom. The third kappa shape index (κ3) is 8.25. The fraction of sp³-hybridized carbons (Fsp3) is 0.375. The van der Waals surface area contributed by atoms with Gasteiger partial charge in [0.2, 0.25) is 0 Å². The van der Waals surface area contributed by atoms with Gasteiger partial charge in [-0.05, 0) is 97.5 Å². The zero-order valence-corrected chi connectivity index (χ0v) is 28.9. The standard InChI is InChI=1S/C40H42ClN3O5/c1-28-32(26-49-39-20-38(33(24-45)19-36(39)41)48-25-31-18-30(21-42)22-43-23-31)6-3-7-34(28)35-8-4-9-37(29(35)2)47-15-5-13-44-14-10-40(27-44)11-16-46-17-12-40/h3-4,6-9,18-20,22-24H,5,10-17,25-27H2,1-2H3. The van der Waals surface area contributed by atoms with Crippen LogP contribution in [0, 0.1) is 30.6 Å². The Balaban J connectivity index is 1.08. The topological polar surface area (TPSA) is 93.9 Å². The highest BCUT2D eigenvalue weighted by Crippen LogP contribution is 2.40. The number of hydrogen-bond donors (Lipinski definition) is 0. The van der Waals surface area contributed by atoms with Gasteiger partial charge in [0, 0.05) is 50.3 Å². The lowest BCUT2D eigenvalue weighted by molar-refractivity contribution is 0.0192. The van der Waals surface area contributed by atoms with E-state index in [0.717, 1.165) is 59.7 Å². The van der Waals surface area contributed by atoms with E-state index in [9.17, 15) is 4.79 Å². The molecule has 0 atom stereocenters. The van der Waals surface area contributed by atoms with Gasteiger partial charge in [0.1, 0.15) is 36.5 Å². The average molecular weight is 680 g/mol. The molecule has 2 aliphatic heterocycles. The van der Waals surface area contributed by atoms with E-state index in [1.54, 1.807) is 18.3 Å². The maximum Gasteiger partial charge on any atom is 0.153 e. The molecule has 8 nitrogen and oxygen atoms in total. The van der Waals surface area contributed by atoms with Crippen LogP contribution in [0.5, 0.6) is 17.2 Å². The first-order chi connectivity index (χ1) is 23.9. The van der Waals surface area contributed by atoms with Crippen molar-refractivity contribution in [2.75, 3.05) is 39.5 Å². The molecule has 0 aliphatic carbocycles. The predicted octanol–water partition coefficient (Wildman–Crippen LogP) is 8.13. The fourth-order valence-corrected chi connectivity index (χ4v) is 7.14. The van der Waals surface area contributed by atoms with Gasteiger partial charge in [0.15, 0.2) is 6.29 Å². The average Bonchev–Trinajstić information content (AvgIpc) is 3.51. The summed E-state index contributed by atoms with van der Waals surface area (Å²) in [6.45, 7) is 10.5. The smallest absolute Gasteiger partial charge is 0.153 e. The number of nitriles is 1. The second kappa shape index (κ2) is 15.9. The Morgan fingerprint density at radius 3 is 2.51 bits per heavy atom. The van der Waals surface area contributed by atoms with Gasteiger partial charge in [-0.1, -0.05) is 41.9 Å². The van der Waals surface area contributed by atoms with E-state index in [0.29, 0.717) is 51.5 Å². The number of ether oxygens (including phenoxy) is 4. The van der Waals surface area contributed by atoms with E-state index in [1.807, 2.05) is 12.1 Å². The Labute approximate surface area is 293 Å². The largest absolute Gasteiger partial charge is 0.493 e. The van der Waals surface area contributed by atoms with Gasteiger partial charge in [-0.2, -0.15) is 5.26 Å². The molecule has 49 heavy (non-hydrogen) atoms. The van der Waals surface area contributed by atoms with E-state index >= 15 is 0 Å². The number of benzene rings is 3. The molecule has 0 N–H and O–H groups in total. The molecule has 9 heteroatoms. The van der Waals surface area contributed by atoms with Crippen LogP contribution in [0.1, 0.15) is 63.9 Å². The normalized spacial score (nSPS) is 15.6.